The zero-order valence-corrected chi connectivity index (χ0v) is 17.1. The molecule has 1 aliphatic heterocycles. The highest BCUT2D eigenvalue weighted by molar-refractivity contribution is 5.94. The zero-order chi connectivity index (χ0) is 21.2. The molecule has 0 atom stereocenters. The lowest BCUT2D eigenvalue weighted by Crippen LogP contribution is -2.23. The van der Waals surface area contributed by atoms with Gasteiger partial charge in [0.05, 0.1) is 16.6 Å². The van der Waals surface area contributed by atoms with E-state index in [0.29, 0.717) is 24.4 Å². The van der Waals surface area contributed by atoms with E-state index in [-0.39, 0.29) is 12.3 Å². The molecular formula is C23H23N5O3. The fourth-order valence-electron chi connectivity index (χ4n) is 4.04. The number of carbonyl (C=O) groups excluding carboxylic acids is 1. The van der Waals surface area contributed by atoms with Gasteiger partial charge in [-0.15, -0.1) is 0 Å². The number of para-hydroxylation sites is 4. The van der Waals surface area contributed by atoms with Crippen LogP contribution in [0, 0.1) is 0 Å². The minimum absolute atomic E-state index is 0.147. The number of fused-ring (bicyclic) bond motifs is 2. The van der Waals surface area contributed by atoms with Gasteiger partial charge in [0.1, 0.15) is 0 Å². The summed E-state index contributed by atoms with van der Waals surface area (Å²) in [6, 6.07) is 15.0. The first-order chi connectivity index (χ1) is 15.2. The second-order valence-electron chi connectivity index (χ2n) is 7.72. The number of hydrogen-bond acceptors (Lipinski definition) is 6. The van der Waals surface area contributed by atoms with E-state index in [0.717, 1.165) is 48.3 Å². The number of aryl methyl sites for hydroxylation is 1. The molecule has 0 saturated carbocycles. The highest BCUT2D eigenvalue weighted by Crippen LogP contribution is 2.28. The molecule has 31 heavy (non-hydrogen) atoms. The van der Waals surface area contributed by atoms with Gasteiger partial charge in [0, 0.05) is 26.1 Å². The summed E-state index contributed by atoms with van der Waals surface area (Å²) in [5.41, 5.74) is 2.86. The first-order valence-electron chi connectivity index (χ1n) is 10.6. The zero-order valence-electron chi connectivity index (χ0n) is 17.1. The Balaban J connectivity index is 1.31. The van der Waals surface area contributed by atoms with Crippen molar-refractivity contribution in [2.45, 2.75) is 32.2 Å². The van der Waals surface area contributed by atoms with Crippen molar-refractivity contribution in [1.29, 1.82) is 0 Å². The Hall–Kier alpha value is -3.68. The molecule has 5 rings (SSSR count). The van der Waals surface area contributed by atoms with Crippen molar-refractivity contribution >= 4 is 39.7 Å². The van der Waals surface area contributed by atoms with Crippen LogP contribution in [0.4, 0.5) is 11.6 Å². The Morgan fingerprint density at radius 1 is 1.00 bits per heavy atom. The summed E-state index contributed by atoms with van der Waals surface area (Å²) in [7, 11) is 0. The molecule has 1 saturated heterocycles. The third-order valence-electron chi connectivity index (χ3n) is 5.57. The van der Waals surface area contributed by atoms with Crippen LogP contribution in [0.25, 0.3) is 22.1 Å². The molecule has 0 unspecified atom stereocenters. The van der Waals surface area contributed by atoms with E-state index in [1.165, 1.54) is 0 Å². The van der Waals surface area contributed by atoms with Crippen LogP contribution in [-0.4, -0.2) is 33.5 Å². The van der Waals surface area contributed by atoms with Crippen molar-refractivity contribution in [3.05, 3.63) is 59.1 Å². The van der Waals surface area contributed by atoms with Crippen LogP contribution in [0.3, 0.4) is 0 Å². The molecule has 0 radical (unpaired) electrons. The number of hydrogen-bond donors (Lipinski definition) is 1. The van der Waals surface area contributed by atoms with Gasteiger partial charge in [-0.3, -0.25) is 9.36 Å². The Morgan fingerprint density at radius 2 is 1.71 bits per heavy atom. The number of benzene rings is 2. The van der Waals surface area contributed by atoms with Crippen LogP contribution < -0.4 is 16.0 Å². The van der Waals surface area contributed by atoms with Gasteiger partial charge in [0.25, 0.3) is 0 Å². The molecule has 8 heteroatoms. The van der Waals surface area contributed by atoms with Crippen LogP contribution in [0.5, 0.6) is 0 Å². The summed E-state index contributed by atoms with van der Waals surface area (Å²) in [4.78, 5) is 36.4. The summed E-state index contributed by atoms with van der Waals surface area (Å²) in [5.74, 6) is 0.669. The maximum atomic E-state index is 12.7. The Kier molecular flexibility index (Phi) is 5.11. The van der Waals surface area contributed by atoms with Crippen LogP contribution in [-0.2, 0) is 11.3 Å². The van der Waals surface area contributed by atoms with Gasteiger partial charge in [-0.1, -0.05) is 24.3 Å². The third kappa shape index (κ3) is 3.88. The van der Waals surface area contributed by atoms with Gasteiger partial charge in [0.2, 0.25) is 5.91 Å². The van der Waals surface area contributed by atoms with Crippen molar-refractivity contribution in [3.8, 4) is 0 Å². The molecule has 8 nitrogen and oxygen atoms in total. The van der Waals surface area contributed by atoms with E-state index >= 15 is 0 Å². The van der Waals surface area contributed by atoms with E-state index in [4.69, 9.17) is 9.40 Å². The Morgan fingerprint density at radius 3 is 2.52 bits per heavy atom. The molecule has 1 fully saturated rings. The normalized spacial score (nSPS) is 13.9. The average molecular weight is 417 g/mol. The maximum Gasteiger partial charge on any atom is 0.419 e. The monoisotopic (exact) mass is 417 g/mol. The number of amides is 1. The molecule has 4 aromatic rings. The van der Waals surface area contributed by atoms with Crippen molar-refractivity contribution in [3.63, 3.8) is 0 Å². The highest BCUT2D eigenvalue weighted by Gasteiger charge is 2.20. The van der Waals surface area contributed by atoms with Crippen LogP contribution in [0.1, 0.15) is 25.7 Å². The van der Waals surface area contributed by atoms with Gasteiger partial charge in [-0.25, -0.2) is 14.8 Å². The predicted octanol–water partition coefficient (Wildman–Crippen LogP) is 3.56. The van der Waals surface area contributed by atoms with E-state index < -0.39 is 5.76 Å². The molecule has 0 spiro atoms. The standard InChI is InChI=1S/C23H23N5O3/c29-20(12-7-15-28-18-10-3-4-11-19(18)31-23(28)30)26-21-22(27-13-5-6-14-27)25-17-9-2-1-8-16(17)24-21/h1-4,8-11H,5-7,12-15H2,(H,24,26,29). The average Bonchev–Trinajstić information content (AvgIpc) is 3.41. The van der Waals surface area contributed by atoms with Gasteiger partial charge < -0.3 is 14.6 Å². The minimum atomic E-state index is -0.404. The number of nitrogens with one attached hydrogen (secondary N) is 1. The molecule has 2 aromatic heterocycles. The fourth-order valence-corrected chi connectivity index (χ4v) is 4.04. The molecule has 1 aliphatic rings. The summed E-state index contributed by atoms with van der Waals surface area (Å²) in [6.07, 6.45) is 2.99. The quantitative estimate of drug-likeness (QED) is 0.516. The SMILES string of the molecule is O=C(CCCn1c(=O)oc2ccccc21)Nc1nc2ccccc2nc1N1CCCC1. The lowest BCUT2D eigenvalue weighted by atomic mass is 10.2. The third-order valence-corrected chi connectivity index (χ3v) is 5.57. The number of anilines is 2. The van der Waals surface area contributed by atoms with Gasteiger partial charge >= 0.3 is 5.76 Å². The van der Waals surface area contributed by atoms with Gasteiger partial charge in [0.15, 0.2) is 17.2 Å². The largest absolute Gasteiger partial charge is 0.419 e. The molecule has 2 aromatic carbocycles. The van der Waals surface area contributed by atoms with E-state index in [1.807, 2.05) is 42.5 Å². The number of nitrogens with zero attached hydrogens (tertiary/aromatic N) is 4. The molecular weight excluding hydrogens is 394 g/mol. The predicted molar refractivity (Wildman–Crippen MR) is 119 cm³/mol. The summed E-state index contributed by atoms with van der Waals surface area (Å²) < 4.78 is 6.81. The van der Waals surface area contributed by atoms with Crippen LogP contribution in [0.15, 0.2) is 57.7 Å². The Bertz CT molecular complexity index is 1300. The molecule has 1 N–H and O–H groups in total. The maximum absolute atomic E-state index is 12.7. The summed E-state index contributed by atoms with van der Waals surface area (Å²) in [6.45, 7) is 2.23. The number of rotatable bonds is 6. The van der Waals surface area contributed by atoms with Crippen LogP contribution >= 0.6 is 0 Å². The van der Waals surface area contributed by atoms with Crippen molar-refractivity contribution in [1.82, 2.24) is 14.5 Å². The van der Waals surface area contributed by atoms with Crippen molar-refractivity contribution in [2.75, 3.05) is 23.3 Å². The lowest BCUT2D eigenvalue weighted by molar-refractivity contribution is -0.116. The van der Waals surface area contributed by atoms with E-state index in [2.05, 4.69) is 15.2 Å². The second-order valence-corrected chi connectivity index (χ2v) is 7.72. The lowest BCUT2D eigenvalue weighted by Gasteiger charge is -2.20. The number of carbonyl (C=O) groups is 1. The first-order valence-corrected chi connectivity index (χ1v) is 10.6. The smallest absolute Gasteiger partial charge is 0.408 e. The number of oxazole rings is 1. The minimum Gasteiger partial charge on any atom is -0.408 e. The molecule has 1 amide bonds. The summed E-state index contributed by atoms with van der Waals surface area (Å²) in [5, 5.41) is 2.95. The van der Waals surface area contributed by atoms with Crippen molar-refractivity contribution in [2.24, 2.45) is 0 Å². The number of aromatic nitrogens is 3. The Labute approximate surface area is 178 Å². The fraction of sp³-hybridized carbons (Fsp3) is 0.304. The topological polar surface area (TPSA) is 93.3 Å². The highest BCUT2D eigenvalue weighted by atomic mass is 16.4. The van der Waals surface area contributed by atoms with E-state index in [1.54, 1.807) is 10.6 Å². The van der Waals surface area contributed by atoms with E-state index in [9.17, 15) is 9.59 Å². The molecule has 0 aliphatic carbocycles. The second kappa shape index (κ2) is 8.22. The van der Waals surface area contributed by atoms with Crippen LogP contribution in [0.2, 0.25) is 0 Å². The molecule has 158 valence electrons. The molecule has 3 heterocycles. The van der Waals surface area contributed by atoms with Gasteiger partial charge in [-0.05, 0) is 43.5 Å². The van der Waals surface area contributed by atoms with Gasteiger partial charge in [-0.2, -0.15) is 0 Å². The summed E-state index contributed by atoms with van der Waals surface area (Å²) >= 11 is 0. The first kappa shape index (κ1) is 19.3. The van der Waals surface area contributed by atoms with Crippen molar-refractivity contribution < 1.29 is 9.21 Å². The molecule has 0 bridgehead atoms.